The molecule has 0 aliphatic carbocycles. The Morgan fingerprint density at radius 1 is 1.13 bits per heavy atom. The smallest absolute Gasteiger partial charge is 0.322 e. The third kappa shape index (κ3) is 6.15. The van der Waals surface area contributed by atoms with Gasteiger partial charge >= 0.3 is 6.03 Å². The topological polar surface area (TPSA) is 70.7 Å². The van der Waals surface area contributed by atoms with Gasteiger partial charge in [0.1, 0.15) is 12.3 Å². The number of rotatable bonds is 8. The molecule has 3 amide bonds. The molecule has 0 fully saturated rings. The zero-order chi connectivity index (χ0) is 22.4. The number of benzene rings is 1. The molecule has 0 aliphatic heterocycles. The molecule has 0 radical (unpaired) electrons. The fraction of sp³-hybridized carbons (Fsp3) is 0.304. The lowest BCUT2D eigenvalue weighted by molar-refractivity contribution is -0.133. The summed E-state index contributed by atoms with van der Waals surface area (Å²) in [5.74, 6) is 0.509. The molecule has 0 unspecified atom stereocenters. The second kappa shape index (κ2) is 10.2. The Morgan fingerprint density at radius 3 is 2.55 bits per heavy atom. The number of carbonyl (C=O) groups is 2. The van der Waals surface area contributed by atoms with Crippen molar-refractivity contribution < 1.29 is 14.0 Å². The van der Waals surface area contributed by atoms with E-state index in [0.29, 0.717) is 29.6 Å². The molecule has 0 atom stereocenters. The molecule has 0 bridgehead atoms. The number of nitrogens with one attached hydrogen (secondary N) is 1. The minimum Gasteiger partial charge on any atom is -0.467 e. The number of furan rings is 1. The first-order chi connectivity index (χ1) is 14.8. The van der Waals surface area contributed by atoms with Gasteiger partial charge in [0.25, 0.3) is 0 Å². The van der Waals surface area contributed by atoms with Crippen LogP contribution in [0.4, 0.5) is 10.5 Å². The van der Waals surface area contributed by atoms with Crippen LogP contribution < -0.4 is 5.32 Å². The highest BCUT2D eigenvalue weighted by molar-refractivity contribution is 6.30. The number of hydrogen-bond acceptors (Lipinski definition) is 3. The first kappa shape index (κ1) is 22.5. The van der Waals surface area contributed by atoms with Crippen LogP contribution >= 0.6 is 11.6 Å². The number of halogens is 1. The molecule has 1 N–H and O–H groups in total. The van der Waals surface area contributed by atoms with Crippen molar-refractivity contribution in [2.75, 3.05) is 11.9 Å². The lowest BCUT2D eigenvalue weighted by Crippen LogP contribution is -2.47. The van der Waals surface area contributed by atoms with Crippen molar-refractivity contribution in [1.82, 2.24) is 14.4 Å². The third-order valence-corrected chi connectivity index (χ3v) is 5.18. The molecule has 0 aliphatic rings. The SMILES string of the molecule is CC(C)N(CC(=O)N(Cc1ccco1)Cc1cccn1C)C(=O)Nc1cccc(Cl)c1. The Morgan fingerprint density at radius 2 is 1.94 bits per heavy atom. The average Bonchev–Trinajstić information content (AvgIpc) is 3.37. The van der Waals surface area contributed by atoms with E-state index in [9.17, 15) is 9.59 Å². The maximum atomic E-state index is 13.3. The molecule has 8 heteroatoms. The predicted molar refractivity (Wildman–Crippen MR) is 121 cm³/mol. The van der Waals surface area contributed by atoms with Crippen molar-refractivity contribution >= 4 is 29.2 Å². The molecular formula is C23H27ClN4O3. The molecule has 0 spiro atoms. The van der Waals surface area contributed by atoms with Gasteiger partial charge in [0.05, 0.1) is 19.4 Å². The molecule has 3 aromatic rings. The van der Waals surface area contributed by atoms with E-state index in [1.165, 1.54) is 4.90 Å². The van der Waals surface area contributed by atoms with Crippen LogP contribution in [0.3, 0.4) is 0 Å². The van der Waals surface area contributed by atoms with Crippen LogP contribution in [0.5, 0.6) is 0 Å². The van der Waals surface area contributed by atoms with Gasteiger partial charge in [-0.05, 0) is 56.3 Å². The van der Waals surface area contributed by atoms with E-state index in [2.05, 4.69) is 5.32 Å². The molecule has 1 aromatic carbocycles. The van der Waals surface area contributed by atoms with Crippen molar-refractivity contribution in [2.45, 2.75) is 33.0 Å². The highest BCUT2D eigenvalue weighted by Gasteiger charge is 2.25. The summed E-state index contributed by atoms with van der Waals surface area (Å²) in [7, 11) is 1.93. The van der Waals surface area contributed by atoms with Gasteiger partial charge in [-0.2, -0.15) is 0 Å². The summed E-state index contributed by atoms with van der Waals surface area (Å²) in [5, 5.41) is 3.34. The Bertz CT molecular complexity index is 1010. The number of urea groups is 1. The van der Waals surface area contributed by atoms with E-state index in [1.807, 2.05) is 49.9 Å². The Balaban J connectivity index is 1.74. The van der Waals surface area contributed by atoms with E-state index in [4.69, 9.17) is 16.0 Å². The standard InChI is InChI=1S/C23H27ClN4O3/c1-17(2)28(23(30)25-19-8-4-7-18(24)13-19)16-22(29)27(15-21-10-6-12-31-21)14-20-9-5-11-26(20)3/h4-13,17H,14-16H2,1-3H3,(H,25,30). The van der Waals surface area contributed by atoms with Crippen molar-refractivity contribution in [2.24, 2.45) is 7.05 Å². The Hall–Kier alpha value is -3.19. The van der Waals surface area contributed by atoms with Crippen LogP contribution in [0, 0.1) is 0 Å². The maximum Gasteiger partial charge on any atom is 0.322 e. The minimum atomic E-state index is -0.359. The van der Waals surface area contributed by atoms with E-state index in [0.717, 1.165) is 5.69 Å². The molecule has 0 saturated carbocycles. The molecule has 164 valence electrons. The van der Waals surface area contributed by atoms with Gasteiger partial charge in [-0.15, -0.1) is 0 Å². The molecule has 0 saturated heterocycles. The van der Waals surface area contributed by atoms with Crippen molar-refractivity contribution in [1.29, 1.82) is 0 Å². The van der Waals surface area contributed by atoms with E-state index >= 15 is 0 Å². The van der Waals surface area contributed by atoms with Gasteiger partial charge in [-0.3, -0.25) is 4.79 Å². The molecule has 31 heavy (non-hydrogen) atoms. The summed E-state index contributed by atoms with van der Waals surface area (Å²) in [6.45, 7) is 4.41. The number of hydrogen-bond donors (Lipinski definition) is 1. The number of aromatic nitrogens is 1. The van der Waals surface area contributed by atoms with Gasteiger partial charge in [-0.25, -0.2) is 4.79 Å². The van der Waals surface area contributed by atoms with Gasteiger partial charge < -0.3 is 24.1 Å². The van der Waals surface area contributed by atoms with Gasteiger partial charge in [0.2, 0.25) is 5.91 Å². The normalized spacial score (nSPS) is 10.9. The summed E-state index contributed by atoms with van der Waals surface area (Å²) >= 11 is 6.01. The summed E-state index contributed by atoms with van der Waals surface area (Å²) < 4.78 is 7.41. The average molecular weight is 443 g/mol. The predicted octanol–water partition coefficient (Wildman–Crippen LogP) is 4.74. The molecule has 2 heterocycles. The summed E-state index contributed by atoms with van der Waals surface area (Å²) in [6.07, 6.45) is 3.52. The highest BCUT2D eigenvalue weighted by Crippen LogP contribution is 2.17. The van der Waals surface area contributed by atoms with E-state index in [-0.39, 0.29) is 24.5 Å². The first-order valence-electron chi connectivity index (χ1n) is 10.1. The summed E-state index contributed by atoms with van der Waals surface area (Å²) in [6, 6.07) is 13.9. The minimum absolute atomic E-state index is 0.0603. The van der Waals surface area contributed by atoms with Crippen LogP contribution in [0.2, 0.25) is 5.02 Å². The highest BCUT2D eigenvalue weighted by atomic mass is 35.5. The van der Waals surface area contributed by atoms with Crippen LogP contribution in [0.1, 0.15) is 25.3 Å². The third-order valence-electron chi connectivity index (χ3n) is 4.95. The van der Waals surface area contributed by atoms with Gasteiger partial charge in [0, 0.05) is 35.7 Å². The van der Waals surface area contributed by atoms with E-state index in [1.54, 1.807) is 41.5 Å². The summed E-state index contributed by atoms with van der Waals surface area (Å²) in [5.41, 5.74) is 1.56. The zero-order valence-corrected chi connectivity index (χ0v) is 18.7. The summed E-state index contributed by atoms with van der Waals surface area (Å²) in [4.78, 5) is 29.3. The number of amides is 3. The van der Waals surface area contributed by atoms with Gasteiger partial charge in [0.15, 0.2) is 0 Å². The van der Waals surface area contributed by atoms with Crippen LogP contribution in [0.15, 0.2) is 65.4 Å². The fourth-order valence-corrected chi connectivity index (χ4v) is 3.37. The van der Waals surface area contributed by atoms with Crippen LogP contribution in [0.25, 0.3) is 0 Å². The van der Waals surface area contributed by atoms with E-state index < -0.39 is 0 Å². The largest absolute Gasteiger partial charge is 0.467 e. The van der Waals surface area contributed by atoms with Gasteiger partial charge in [-0.1, -0.05) is 17.7 Å². The molecular weight excluding hydrogens is 416 g/mol. The van der Waals surface area contributed by atoms with Crippen molar-refractivity contribution in [3.63, 3.8) is 0 Å². The maximum absolute atomic E-state index is 13.3. The second-order valence-electron chi connectivity index (χ2n) is 7.60. The van der Waals surface area contributed by atoms with Crippen molar-refractivity contribution in [3.8, 4) is 0 Å². The number of aryl methyl sites for hydroxylation is 1. The Kier molecular flexibility index (Phi) is 7.41. The molecule has 7 nitrogen and oxygen atoms in total. The number of carbonyl (C=O) groups excluding carboxylic acids is 2. The quantitative estimate of drug-likeness (QED) is 0.547. The zero-order valence-electron chi connectivity index (χ0n) is 17.9. The van der Waals surface area contributed by atoms with Crippen molar-refractivity contribution in [3.05, 3.63) is 77.5 Å². The lowest BCUT2D eigenvalue weighted by Gasteiger charge is -2.30. The molecule has 3 rings (SSSR count). The monoisotopic (exact) mass is 442 g/mol. The fourth-order valence-electron chi connectivity index (χ4n) is 3.18. The first-order valence-corrected chi connectivity index (χ1v) is 10.4. The lowest BCUT2D eigenvalue weighted by atomic mass is 10.2. The van der Waals surface area contributed by atoms with Crippen LogP contribution in [-0.2, 0) is 24.9 Å². The number of nitrogens with zero attached hydrogens (tertiary/aromatic N) is 3. The Labute approximate surface area is 187 Å². The number of anilines is 1. The molecule has 2 aromatic heterocycles. The van der Waals surface area contributed by atoms with Crippen LogP contribution in [-0.4, -0.2) is 38.9 Å². The second-order valence-corrected chi connectivity index (χ2v) is 8.04.